The highest BCUT2D eigenvalue weighted by atomic mass is 35.5. The van der Waals surface area contributed by atoms with Gasteiger partial charge in [-0.15, -0.1) is 0 Å². The number of aliphatic carboxylic acids is 1. The first kappa shape index (κ1) is 17.0. The summed E-state index contributed by atoms with van der Waals surface area (Å²) in [7, 11) is 0. The van der Waals surface area contributed by atoms with Crippen molar-refractivity contribution in [3.05, 3.63) is 70.2 Å². The number of nitrogens with zero attached hydrogens (tertiary/aromatic N) is 1. The van der Waals surface area contributed by atoms with Crippen molar-refractivity contribution in [1.82, 2.24) is 4.90 Å². The number of hydrogen-bond acceptors (Lipinski definition) is 2. The molecule has 1 aliphatic heterocycles. The van der Waals surface area contributed by atoms with Gasteiger partial charge in [0.25, 0.3) is 0 Å². The lowest BCUT2D eigenvalue weighted by Gasteiger charge is -2.38. The van der Waals surface area contributed by atoms with E-state index in [-0.39, 0.29) is 12.0 Å². The standard InChI is InChI=1S/C20H22ClNO2/c1-14-6-2-3-10-18(14)19(15-7-4-9-17(21)12-15)22-11-5-8-16(13-22)20(23)24/h2-4,6-7,9-10,12,16,19H,5,8,11,13H2,1H3,(H,23,24). The van der Waals surface area contributed by atoms with Crippen LogP contribution in [0, 0.1) is 12.8 Å². The van der Waals surface area contributed by atoms with Crippen molar-refractivity contribution < 1.29 is 9.90 Å². The van der Waals surface area contributed by atoms with Gasteiger partial charge in [-0.05, 0) is 55.1 Å². The smallest absolute Gasteiger partial charge is 0.307 e. The lowest BCUT2D eigenvalue weighted by atomic mass is 9.89. The molecule has 0 aliphatic carbocycles. The molecule has 0 spiro atoms. The predicted molar refractivity (Wildman–Crippen MR) is 96.4 cm³/mol. The summed E-state index contributed by atoms with van der Waals surface area (Å²) in [6.07, 6.45) is 1.65. The number of carboxylic acid groups (broad SMARTS) is 1. The SMILES string of the molecule is Cc1ccccc1C(c1cccc(Cl)c1)N1CCCC(C(=O)O)C1. The number of benzene rings is 2. The third kappa shape index (κ3) is 3.63. The zero-order chi connectivity index (χ0) is 17.1. The number of aryl methyl sites for hydroxylation is 1. The molecule has 3 rings (SSSR count). The Bertz CT molecular complexity index is 731. The molecule has 1 heterocycles. The first-order valence-electron chi connectivity index (χ1n) is 8.34. The minimum atomic E-state index is -0.700. The maximum atomic E-state index is 11.5. The van der Waals surface area contributed by atoms with Crippen molar-refractivity contribution in [2.24, 2.45) is 5.92 Å². The molecule has 126 valence electrons. The number of hydrogen-bond donors (Lipinski definition) is 1. The lowest BCUT2D eigenvalue weighted by molar-refractivity contribution is -0.143. The summed E-state index contributed by atoms with van der Waals surface area (Å²) in [4.78, 5) is 13.8. The molecular formula is C20H22ClNO2. The molecule has 2 aromatic rings. The normalized spacial score (nSPS) is 19.8. The molecule has 0 radical (unpaired) electrons. The van der Waals surface area contributed by atoms with Crippen LogP contribution >= 0.6 is 11.6 Å². The second kappa shape index (κ2) is 7.37. The molecule has 4 heteroatoms. The average Bonchev–Trinajstić information content (AvgIpc) is 2.57. The zero-order valence-electron chi connectivity index (χ0n) is 13.8. The van der Waals surface area contributed by atoms with Crippen LogP contribution in [0.1, 0.15) is 35.6 Å². The molecule has 0 amide bonds. The highest BCUT2D eigenvalue weighted by Gasteiger charge is 2.31. The molecule has 2 aromatic carbocycles. The Hall–Kier alpha value is -1.84. The second-order valence-electron chi connectivity index (χ2n) is 6.49. The van der Waals surface area contributed by atoms with E-state index >= 15 is 0 Å². The van der Waals surface area contributed by atoms with Gasteiger partial charge < -0.3 is 5.11 Å². The molecule has 1 saturated heterocycles. The van der Waals surface area contributed by atoms with Gasteiger partial charge in [0.15, 0.2) is 0 Å². The van der Waals surface area contributed by atoms with Crippen LogP contribution in [0.15, 0.2) is 48.5 Å². The van der Waals surface area contributed by atoms with E-state index in [1.54, 1.807) is 0 Å². The maximum absolute atomic E-state index is 11.5. The number of carbonyl (C=O) groups is 1. The van der Waals surface area contributed by atoms with E-state index in [2.05, 4.69) is 30.0 Å². The minimum Gasteiger partial charge on any atom is -0.481 e. The largest absolute Gasteiger partial charge is 0.481 e. The van der Waals surface area contributed by atoms with Gasteiger partial charge in [0.1, 0.15) is 0 Å². The summed E-state index contributed by atoms with van der Waals surface area (Å²) in [6.45, 7) is 3.57. The molecule has 3 nitrogen and oxygen atoms in total. The van der Waals surface area contributed by atoms with Gasteiger partial charge >= 0.3 is 5.97 Å². The van der Waals surface area contributed by atoms with Crippen LogP contribution in [0.2, 0.25) is 5.02 Å². The molecule has 0 aromatic heterocycles. The molecule has 1 fully saturated rings. The van der Waals surface area contributed by atoms with Gasteiger partial charge in [-0.2, -0.15) is 0 Å². The van der Waals surface area contributed by atoms with Crippen LogP contribution in [0.25, 0.3) is 0 Å². The van der Waals surface area contributed by atoms with Crippen molar-refractivity contribution in [2.45, 2.75) is 25.8 Å². The van der Waals surface area contributed by atoms with Crippen molar-refractivity contribution in [3.63, 3.8) is 0 Å². The Morgan fingerprint density at radius 2 is 2.04 bits per heavy atom. The van der Waals surface area contributed by atoms with Crippen LogP contribution in [0.3, 0.4) is 0 Å². The van der Waals surface area contributed by atoms with E-state index in [9.17, 15) is 9.90 Å². The summed E-state index contributed by atoms with van der Waals surface area (Å²) in [6, 6.07) is 16.2. The highest BCUT2D eigenvalue weighted by molar-refractivity contribution is 6.30. The molecule has 24 heavy (non-hydrogen) atoms. The predicted octanol–water partition coefficient (Wildman–Crippen LogP) is 4.53. The van der Waals surface area contributed by atoms with Gasteiger partial charge in [0.2, 0.25) is 0 Å². The Kier molecular flexibility index (Phi) is 5.22. The van der Waals surface area contributed by atoms with Crippen LogP contribution < -0.4 is 0 Å². The van der Waals surface area contributed by atoms with E-state index in [1.165, 1.54) is 11.1 Å². The quantitative estimate of drug-likeness (QED) is 0.886. The van der Waals surface area contributed by atoms with Gasteiger partial charge in [-0.3, -0.25) is 9.69 Å². The Morgan fingerprint density at radius 1 is 1.25 bits per heavy atom. The summed E-state index contributed by atoms with van der Waals surface area (Å²) >= 11 is 6.22. The van der Waals surface area contributed by atoms with Crippen LogP contribution in [0.4, 0.5) is 0 Å². The van der Waals surface area contributed by atoms with Crippen molar-refractivity contribution >= 4 is 17.6 Å². The molecule has 1 aliphatic rings. The summed E-state index contributed by atoms with van der Waals surface area (Å²) in [5.41, 5.74) is 3.54. The molecule has 1 N–H and O–H groups in total. The van der Waals surface area contributed by atoms with Gasteiger partial charge in [0, 0.05) is 11.6 Å². The molecule has 2 unspecified atom stereocenters. The second-order valence-corrected chi connectivity index (χ2v) is 6.92. The molecular weight excluding hydrogens is 322 g/mol. The monoisotopic (exact) mass is 343 g/mol. The van der Waals surface area contributed by atoms with Gasteiger partial charge in [0.05, 0.1) is 12.0 Å². The molecule has 2 atom stereocenters. The highest BCUT2D eigenvalue weighted by Crippen LogP contribution is 2.35. The fourth-order valence-corrected chi connectivity index (χ4v) is 3.80. The van der Waals surface area contributed by atoms with E-state index in [1.807, 2.05) is 30.3 Å². The van der Waals surface area contributed by atoms with E-state index < -0.39 is 5.97 Å². The fraction of sp³-hybridized carbons (Fsp3) is 0.350. The number of likely N-dealkylation sites (tertiary alicyclic amines) is 1. The minimum absolute atomic E-state index is 0.0343. The molecule has 0 bridgehead atoms. The third-order valence-corrected chi connectivity index (χ3v) is 5.05. The average molecular weight is 344 g/mol. The fourth-order valence-electron chi connectivity index (χ4n) is 3.60. The van der Waals surface area contributed by atoms with Crippen LogP contribution in [-0.4, -0.2) is 29.1 Å². The third-order valence-electron chi connectivity index (χ3n) is 4.81. The Balaban J connectivity index is 2.02. The Labute approximate surface area is 147 Å². The van der Waals surface area contributed by atoms with Gasteiger partial charge in [-0.1, -0.05) is 48.0 Å². The number of piperidine rings is 1. The zero-order valence-corrected chi connectivity index (χ0v) is 14.5. The number of halogens is 1. The number of rotatable bonds is 4. The van der Waals surface area contributed by atoms with Gasteiger partial charge in [-0.25, -0.2) is 0 Å². The van der Waals surface area contributed by atoms with Crippen molar-refractivity contribution in [3.8, 4) is 0 Å². The van der Waals surface area contributed by atoms with E-state index in [0.29, 0.717) is 11.6 Å². The van der Waals surface area contributed by atoms with E-state index in [0.717, 1.165) is 24.9 Å². The van der Waals surface area contributed by atoms with Crippen molar-refractivity contribution in [2.75, 3.05) is 13.1 Å². The maximum Gasteiger partial charge on any atom is 0.307 e. The lowest BCUT2D eigenvalue weighted by Crippen LogP contribution is -2.41. The Morgan fingerprint density at radius 3 is 2.75 bits per heavy atom. The van der Waals surface area contributed by atoms with Crippen LogP contribution in [0.5, 0.6) is 0 Å². The summed E-state index contributed by atoms with van der Waals surface area (Å²) in [5.74, 6) is -1.00. The summed E-state index contributed by atoms with van der Waals surface area (Å²) in [5, 5.41) is 10.1. The van der Waals surface area contributed by atoms with E-state index in [4.69, 9.17) is 11.6 Å². The first-order chi connectivity index (χ1) is 11.6. The number of carboxylic acids is 1. The topological polar surface area (TPSA) is 40.5 Å². The van der Waals surface area contributed by atoms with Crippen molar-refractivity contribution in [1.29, 1.82) is 0 Å². The first-order valence-corrected chi connectivity index (χ1v) is 8.72. The molecule has 0 saturated carbocycles. The summed E-state index contributed by atoms with van der Waals surface area (Å²) < 4.78 is 0. The van der Waals surface area contributed by atoms with Crippen LogP contribution in [-0.2, 0) is 4.79 Å².